The van der Waals surface area contributed by atoms with Gasteiger partial charge in [0, 0.05) is 10.8 Å². The molecule has 0 saturated heterocycles. The Hall–Kier alpha value is -2.06. The zero-order chi connectivity index (χ0) is 11.9. The summed E-state index contributed by atoms with van der Waals surface area (Å²) in [6, 6.07) is 21.5. The third kappa shape index (κ3) is 1.27. The number of nitrogens with zero attached hydrogens (tertiary/aromatic N) is 1. The van der Waals surface area contributed by atoms with Crippen molar-refractivity contribution < 1.29 is 0 Å². The van der Waals surface area contributed by atoms with E-state index in [1.165, 1.54) is 26.8 Å². The number of benzene rings is 2. The first-order chi connectivity index (χ1) is 8.95. The van der Waals surface area contributed by atoms with E-state index in [4.69, 9.17) is 0 Å². The van der Waals surface area contributed by atoms with Crippen molar-refractivity contribution in [2.24, 2.45) is 0 Å². The lowest BCUT2D eigenvalue weighted by molar-refractivity contribution is 1.22. The monoisotopic (exact) mass is 249 g/mol. The molecule has 0 spiro atoms. The van der Waals surface area contributed by atoms with Crippen LogP contribution in [-0.4, -0.2) is 4.57 Å². The molecule has 0 saturated carbocycles. The first-order valence-electron chi connectivity index (χ1n) is 5.97. The van der Waals surface area contributed by atoms with Crippen molar-refractivity contribution in [3.8, 4) is 5.00 Å². The summed E-state index contributed by atoms with van der Waals surface area (Å²) in [5, 5.41) is 6.04. The van der Waals surface area contributed by atoms with Crippen molar-refractivity contribution in [3.05, 3.63) is 66.0 Å². The molecule has 4 aromatic rings. The number of hydrogen-bond donors (Lipinski definition) is 0. The molecule has 0 aliphatic heterocycles. The molecule has 2 heterocycles. The largest absolute Gasteiger partial charge is 0.301 e. The van der Waals surface area contributed by atoms with E-state index in [9.17, 15) is 0 Å². The average Bonchev–Trinajstić information content (AvgIpc) is 3.03. The quantitative estimate of drug-likeness (QED) is 0.454. The molecular weight excluding hydrogens is 238 g/mol. The van der Waals surface area contributed by atoms with Crippen molar-refractivity contribution in [1.29, 1.82) is 0 Å². The highest BCUT2D eigenvalue weighted by atomic mass is 32.1. The van der Waals surface area contributed by atoms with Crippen molar-refractivity contribution in [2.45, 2.75) is 0 Å². The summed E-state index contributed by atoms with van der Waals surface area (Å²) in [4.78, 5) is 0. The van der Waals surface area contributed by atoms with Gasteiger partial charge in [-0.25, -0.2) is 0 Å². The van der Waals surface area contributed by atoms with E-state index in [0.29, 0.717) is 0 Å². The molecule has 0 aliphatic rings. The standard InChI is InChI=1S/C16H11NS/c1-3-8-14-12(6-1)13-7-2-4-9-15(13)17(14)16-10-5-11-18-16/h1-11H. The summed E-state index contributed by atoms with van der Waals surface area (Å²) >= 11 is 1.77. The van der Waals surface area contributed by atoms with Crippen LogP contribution in [0.1, 0.15) is 0 Å². The second-order valence-electron chi connectivity index (χ2n) is 4.32. The average molecular weight is 249 g/mol. The molecule has 2 aromatic carbocycles. The maximum Gasteiger partial charge on any atom is 0.0999 e. The number of thiophene rings is 1. The van der Waals surface area contributed by atoms with Gasteiger partial charge in [0.1, 0.15) is 0 Å². The predicted molar refractivity (Wildman–Crippen MR) is 78.7 cm³/mol. The van der Waals surface area contributed by atoms with Crippen LogP contribution in [0, 0.1) is 0 Å². The molecule has 0 amide bonds. The molecule has 0 atom stereocenters. The molecular formula is C16H11NS. The van der Waals surface area contributed by atoms with Crippen LogP contribution in [0.25, 0.3) is 26.8 Å². The fourth-order valence-electron chi connectivity index (χ4n) is 2.56. The van der Waals surface area contributed by atoms with E-state index in [-0.39, 0.29) is 0 Å². The Kier molecular flexibility index (Phi) is 2.05. The molecule has 18 heavy (non-hydrogen) atoms. The van der Waals surface area contributed by atoms with Crippen LogP contribution >= 0.6 is 11.3 Å². The van der Waals surface area contributed by atoms with Gasteiger partial charge in [-0.15, -0.1) is 11.3 Å². The molecule has 86 valence electrons. The number of para-hydroxylation sites is 2. The highest BCUT2D eigenvalue weighted by Crippen LogP contribution is 2.32. The van der Waals surface area contributed by atoms with Gasteiger partial charge in [-0.05, 0) is 29.6 Å². The number of fused-ring (bicyclic) bond motifs is 3. The molecule has 4 rings (SSSR count). The Morgan fingerprint density at radius 3 is 1.83 bits per heavy atom. The maximum absolute atomic E-state index is 2.34. The molecule has 0 aliphatic carbocycles. The van der Waals surface area contributed by atoms with Crippen LogP contribution in [0.15, 0.2) is 66.0 Å². The molecule has 0 N–H and O–H groups in total. The second-order valence-corrected chi connectivity index (χ2v) is 5.25. The number of aromatic nitrogens is 1. The van der Waals surface area contributed by atoms with Gasteiger partial charge in [-0.3, -0.25) is 0 Å². The summed E-state index contributed by atoms with van der Waals surface area (Å²) in [5.74, 6) is 0. The van der Waals surface area contributed by atoms with Gasteiger partial charge in [0.2, 0.25) is 0 Å². The molecule has 1 nitrogen and oxygen atoms in total. The highest BCUT2D eigenvalue weighted by Gasteiger charge is 2.10. The summed E-state index contributed by atoms with van der Waals surface area (Å²) in [5.41, 5.74) is 2.56. The number of rotatable bonds is 1. The topological polar surface area (TPSA) is 4.93 Å². The Bertz CT molecular complexity index is 771. The molecule has 0 unspecified atom stereocenters. The zero-order valence-electron chi connectivity index (χ0n) is 9.71. The van der Waals surface area contributed by atoms with E-state index < -0.39 is 0 Å². The lowest BCUT2D eigenvalue weighted by atomic mass is 10.2. The third-order valence-corrected chi connectivity index (χ3v) is 4.16. The Balaban J connectivity index is 2.28. The minimum absolute atomic E-state index is 1.27. The van der Waals surface area contributed by atoms with Crippen LogP contribution in [0.2, 0.25) is 0 Å². The van der Waals surface area contributed by atoms with Gasteiger partial charge < -0.3 is 4.57 Å². The van der Waals surface area contributed by atoms with Crippen LogP contribution in [0.3, 0.4) is 0 Å². The van der Waals surface area contributed by atoms with E-state index >= 15 is 0 Å². The third-order valence-electron chi connectivity index (χ3n) is 3.31. The van der Waals surface area contributed by atoms with E-state index in [1.807, 2.05) is 0 Å². The summed E-state index contributed by atoms with van der Waals surface area (Å²) in [7, 11) is 0. The van der Waals surface area contributed by atoms with E-state index in [2.05, 4.69) is 70.6 Å². The van der Waals surface area contributed by atoms with E-state index in [1.54, 1.807) is 11.3 Å². The highest BCUT2D eigenvalue weighted by molar-refractivity contribution is 7.12. The lowest BCUT2D eigenvalue weighted by Crippen LogP contribution is -1.88. The lowest BCUT2D eigenvalue weighted by Gasteiger charge is -2.03. The van der Waals surface area contributed by atoms with Gasteiger partial charge in [0.15, 0.2) is 0 Å². The predicted octanol–water partition coefficient (Wildman–Crippen LogP) is 4.85. The van der Waals surface area contributed by atoms with Gasteiger partial charge in [-0.1, -0.05) is 36.4 Å². The molecule has 2 heteroatoms. The van der Waals surface area contributed by atoms with Crippen LogP contribution in [0.5, 0.6) is 0 Å². The first kappa shape index (κ1) is 9.92. The summed E-state index contributed by atoms with van der Waals surface area (Å²) in [6.45, 7) is 0. The minimum atomic E-state index is 1.27. The molecule has 0 fully saturated rings. The SMILES string of the molecule is c1csc(-n2c3ccccc3c3ccccc32)c1. The van der Waals surface area contributed by atoms with Crippen molar-refractivity contribution in [1.82, 2.24) is 4.57 Å². The van der Waals surface area contributed by atoms with Crippen LogP contribution < -0.4 is 0 Å². The Morgan fingerprint density at radius 1 is 0.667 bits per heavy atom. The molecule has 0 bridgehead atoms. The molecule has 0 radical (unpaired) electrons. The smallest absolute Gasteiger partial charge is 0.0999 e. The zero-order valence-corrected chi connectivity index (χ0v) is 10.5. The minimum Gasteiger partial charge on any atom is -0.301 e. The maximum atomic E-state index is 2.34. The van der Waals surface area contributed by atoms with Gasteiger partial charge in [0.05, 0.1) is 16.0 Å². The summed E-state index contributed by atoms with van der Waals surface area (Å²) in [6.07, 6.45) is 0. The summed E-state index contributed by atoms with van der Waals surface area (Å²) < 4.78 is 2.34. The second kappa shape index (κ2) is 3.72. The van der Waals surface area contributed by atoms with Crippen molar-refractivity contribution >= 4 is 33.1 Å². The Morgan fingerprint density at radius 2 is 1.28 bits per heavy atom. The van der Waals surface area contributed by atoms with Gasteiger partial charge in [0.25, 0.3) is 0 Å². The van der Waals surface area contributed by atoms with Crippen LogP contribution in [0.4, 0.5) is 0 Å². The van der Waals surface area contributed by atoms with Gasteiger partial charge >= 0.3 is 0 Å². The fraction of sp³-hybridized carbons (Fsp3) is 0. The number of hydrogen-bond acceptors (Lipinski definition) is 1. The molecule has 2 aromatic heterocycles. The van der Waals surface area contributed by atoms with E-state index in [0.717, 1.165) is 0 Å². The Labute approximate surface area is 109 Å². The fourth-order valence-corrected chi connectivity index (χ4v) is 3.31. The normalized spacial score (nSPS) is 11.3. The first-order valence-corrected chi connectivity index (χ1v) is 6.85. The van der Waals surface area contributed by atoms with Crippen molar-refractivity contribution in [2.75, 3.05) is 0 Å². The van der Waals surface area contributed by atoms with Gasteiger partial charge in [-0.2, -0.15) is 0 Å². The van der Waals surface area contributed by atoms with Crippen molar-refractivity contribution in [3.63, 3.8) is 0 Å². The van der Waals surface area contributed by atoms with Crippen LogP contribution in [-0.2, 0) is 0 Å².